The fraction of sp³-hybridized carbons (Fsp3) is 0.0625. The molecule has 0 aliphatic heterocycles. The predicted octanol–water partition coefficient (Wildman–Crippen LogP) is 4.79. The highest BCUT2D eigenvalue weighted by Crippen LogP contribution is 2.23. The average molecular weight is 318 g/mol. The van der Waals surface area contributed by atoms with E-state index in [0.717, 1.165) is 16.9 Å². The molecule has 1 N–H and O–H groups in total. The van der Waals surface area contributed by atoms with Crippen molar-refractivity contribution in [3.05, 3.63) is 76.5 Å². The number of nitrogens with zero attached hydrogens (tertiary/aromatic N) is 2. The van der Waals surface area contributed by atoms with Gasteiger partial charge in [0.15, 0.2) is 0 Å². The van der Waals surface area contributed by atoms with Crippen molar-refractivity contribution in [2.75, 3.05) is 5.32 Å². The second kappa shape index (κ2) is 6.20. The van der Waals surface area contributed by atoms with Crippen LogP contribution in [0.15, 0.2) is 60.9 Å². The molecule has 1 heterocycles. The molecule has 0 fully saturated rings. The first-order valence-corrected chi connectivity index (χ1v) is 7.26. The first kappa shape index (κ1) is 14.0. The zero-order chi connectivity index (χ0) is 14.7. The molecule has 106 valence electrons. The second-order valence-electron chi connectivity index (χ2n) is 4.60. The van der Waals surface area contributed by atoms with Crippen LogP contribution in [0.3, 0.4) is 0 Å². The fourth-order valence-corrected chi connectivity index (χ4v) is 2.35. The van der Waals surface area contributed by atoms with E-state index in [4.69, 9.17) is 23.2 Å². The van der Waals surface area contributed by atoms with Crippen LogP contribution in [-0.2, 0) is 6.54 Å². The third-order valence-electron chi connectivity index (χ3n) is 3.10. The first-order valence-electron chi connectivity index (χ1n) is 6.50. The van der Waals surface area contributed by atoms with Gasteiger partial charge in [0.1, 0.15) is 0 Å². The van der Waals surface area contributed by atoms with E-state index in [-0.39, 0.29) is 0 Å². The van der Waals surface area contributed by atoms with E-state index < -0.39 is 0 Å². The van der Waals surface area contributed by atoms with Gasteiger partial charge in [-0.1, -0.05) is 35.3 Å². The lowest BCUT2D eigenvalue weighted by Gasteiger charge is -2.09. The number of aromatic nitrogens is 2. The molecule has 0 unspecified atom stereocenters. The Kier molecular flexibility index (Phi) is 4.13. The van der Waals surface area contributed by atoms with Crippen LogP contribution in [0.5, 0.6) is 0 Å². The Labute approximate surface area is 133 Å². The Morgan fingerprint density at radius 2 is 1.90 bits per heavy atom. The predicted molar refractivity (Wildman–Crippen MR) is 87.4 cm³/mol. The van der Waals surface area contributed by atoms with E-state index >= 15 is 0 Å². The highest BCUT2D eigenvalue weighted by atomic mass is 35.5. The van der Waals surface area contributed by atoms with Gasteiger partial charge in [-0.25, -0.2) is 4.68 Å². The number of rotatable bonds is 4. The molecule has 0 bridgehead atoms. The molecule has 3 nitrogen and oxygen atoms in total. The van der Waals surface area contributed by atoms with Gasteiger partial charge in [-0.2, -0.15) is 5.10 Å². The standard InChI is InChI=1S/C16H13Cl2N3/c17-15-6-5-12(9-16(15)18)11-19-13-3-1-4-14(10-13)21-8-2-7-20-21/h1-10,19H,11H2. The normalized spacial score (nSPS) is 10.6. The Bertz CT molecular complexity index is 739. The Morgan fingerprint density at radius 1 is 1.00 bits per heavy atom. The Balaban J connectivity index is 1.73. The van der Waals surface area contributed by atoms with Gasteiger partial charge < -0.3 is 5.32 Å². The molecule has 0 saturated carbocycles. The molecule has 0 saturated heterocycles. The first-order chi connectivity index (χ1) is 10.2. The molecule has 1 aromatic heterocycles. The summed E-state index contributed by atoms with van der Waals surface area (Å²) in [5, 5.41) is 8.73. The topological polar surface area (TPSA) is 29.9 Å². The fourth-order valence-electron chi connectivity index (χ4n) is 2.03. The maximum atomic E-state index is 6.02. The number of anilines is 1. The lowest BCUT2D eigenvalue weighted by atomic mass is 10.2. The number of hydrogen-bond acceptors (Lipinski definition) is 2. The summed E-state index contributed by atoms with van der Waals surface area (Å²) in [4.78, 5) is 0. The van der Waals surface area contributed by atoms with Crippen molar-refractivity contribution >= 4 is 28.9 Å². The summed E-state index contributed by atoms with van der Waals surface area (Å²) in [6.45, 7) is 0.680. The molecular weight excluding hydrogens is 305 g/mol. The van der Waals surface area contributed by atoms with Crippen LogP contribution in [0.2, 0.25) is 10.0 Å². The van der Waals surface area contributed by atoms with Gasteiger partial charge >= 0.3 is 0 Å². The summed E-state index contributed by atoms with van der Waals surface area (Å²) in [5.74, 6) is 0. The second-order valence-corrected chi connectivity index (χ2v) is 5.42. The number of hydrogen-bond donors (Lipinski definition) is 1. The van der Waals surface area contributed by atoms with Crippen LogP contribution in [0.1, 0.15) is 5.56 Å². The molecule has 21 heavy (non-hydrogen) atoms. The molecule has 5 heteroatoms. The third kappa shape index (κ3) is 3.38. The van der Waals surface area contributed by atoms with Crippen LogP contribution < -0.4 is 5.32 Å². The summed E-state index contributed by atoms with van der Waals surface area (Å²) in [7, 11) is 0. The molecule has 2 aromatic carbocycles. The Morgan fingerprint density at radius 3 is 2.67 bits per heavy atom. The minimum atomic E-state index is 0.570. The smallest absolute Gasteiger partial charge is 0.0666 e. The van der Waals surface area contributed by atoms with Crippen molar-refractivity contribution in [1.29, 1.82) is 0 Å². The van der Waals surface area contributed by atoms with Gasteiger partial charge in [0.05, 0.1) is 15.7 Å². The minimum absolute atomic E-state index is 0.570. The van der Waals surface area contributed by atoms with Gasteiger partial charge in [0.2, 0.25) is 0 Å². The summed E-state index contributed by atoms with van der Waals surface area (Å²) >= 11 is 11.9. The van der Waals surface area contributed by atoms with Crippen LogP contribution >= 0.6 is 23.2 Å². The van der Waals surface area contributed by atoms with Crippen LogP contribution in [0.25, 0.3) is 5.69 Å². The number of halogens is 2. The van der Waals surface area contributed by atoms with E-state index in [9.17, 15) is 0 Å². The van der Waals surface area contributed by atoms with Crippen molar-refractivity contribution in [1.82, 2.24) is 9.78 Å². The van der Waals surface area contributed by atoms with Crippen LogP contribution in [0.4, 0.5) is 5.69 Å². The van der Waals surface area contributed by atoms with Gasteiger partial charge in [-0.3, -0.25) is 0 Å². The van der Waals surface area contributed by atoms with Gasteiger partial charge in [0.25, 0.3) is 0 Å². The highest BCUT2D eigenvalue weighted by Gasteiger charge is 2.01. The monoisotopic (exact) mass is 317 g/mol. The van der Waals surface area contributed by atoms with Gasteiger partial charge in [-0.05, 0) is 42.0 Å². The van der Waals surface area contributed by atoms with Crippen LogP contribution in [-0.4, -0.2) is 9.78 Å². The molecule has 3 rings (SSSR count). The van der Waals surface area contributed by atoms with E-state index in [2.05, 4.69) is 10.4 Å². The lowest BCUT2D eigenvalue weighted by molar-refractivity contribution is 0.880. The van der Waals surface area contributed by atoms with E-state index in [1.165, 1.54) is 0 Å². The number of benzene rings is 2. The molecule has 0 aliphatic carbocycles. The molecule has 0 aliphatic rings. The summed E-state index contributed by atoms with van der Waals surface area (Å²) in [5.41, 5.74) is 3.11. The summed E-state index contributed by atoms with van der Waals surface area (Å²) in [6, 6.07) is 15.6. The molecule has 0 atom stereocenters. The maximum absolute atomic E-state index is 6.02. The SMILES string of the molecule is Clc1ccc(CNc2cccc(-n3cccn3)c2)cc1Cl. The van der Waals surface area contributed by atoms with Crippen molar-refractivity contribution < 1.29 is 0 Å². The molecular formula is C16H13Cl2N3. The molecule has 0 spiro atoms. The summed E-state index contributed by atoms with van der Waals surface area (Å²) < 4.78 is 1.82. The van der Waals surface area contributed by atoms with Crippen LogP contribution in [0, 0.1) is 0 Å². The minimum Gasteiger partial charge on any atom is -0.381 e. The van der Waals surface area contributed by atoms with E-state index in [1.54, 1.807) is 12.3 Å². The van der Waals surface area contributed by atoms with E-state index in [1.807, 2.05) is 53.3 Å². The Hall–Kier alpha value is -1.97. The number of nitrogens with one attached hydrogen (secondary N) is 1. The van der Waals surface area contributed by atoms with Gasteiger partial charge in [-0.15, -0.1) is 0 Å². The molecule has 0 radical (unpaired) electrons. The maximum Gasteiger partial charge on any atom is 0.0666 e. The zero-order valence-electron chi connectivity index (χ0n) is 11.1. The van der Waals surface area contributed by atoms with Crippen molar-refractivity contribution in [3.8, 4) is 5.69 Å². The largest absolute Gasteiger partial charge is 0.381 e. The average Bonchev–Trinajstić information content (AvgIpc) is 3.03. The quantitative estimate of drug-likeness (QED) is 0.749. The van der Waals surface area contributed by atoms with Crippen molar-refractivity contribution in [2.24, 2.45) is 0 Å². The van der Waals surface area contributed by atoms with Gasteiger partial charge in [0, 0.05) is 24.6 Å². The third-order valence-corrected chi connectivity index (χ3v) is 3.83. The molecule has 3 aromatic rings. The van der Waals surface area contributed by atoms with E-state index in [0.29, 0.717) is 16.6 Å². The van der Waals surface area contributed by atoms with Crippen molar-refractivity contribution in [2.45, 2.75) is 6.54 Å². The zero-order valence-corrected chi connectivity index (χ0v) is 12.6. The summed E-state index contributed by atoms with van der Waals surface area (Å²) in [6.07, 6.45) is 3.67. The lowest BCUT2D eigenvalue weighted by Crippen LogP contribution is -2.01. The molecule has 0 amide bonds. The van der Waals surface area contributed by atoms with Crippen molar-refractivity contribution in [3.63, 3.8) is 0 Å². The highest BCUT2D eigenvalue weighted by molar-refractivity contribution is 6.42.